The summed E-state index contributed by atoms with van der Waals surface area (Å²) in [7, 11) is 0. The van der Waals surface area contributed by atoms with E-state index in [0.29, 0.717) is 12.5 Å². The van der Waals surface area contributed by atoms with E-state index in [0.717, 1.165) is 17.9 Å². The van der Waals surface area contributed by atoms with E-state index in [-0.39, 0.29) is 5.56 Å². The van der Waals surface area contributed by atoms with Crippen molar-refractivity contribution in [1.82, 2.24) is 4.57 Å². The predicted molar refractivity (Wildman–Crippen MR) is 84.6 cm³/mol. The first-order chi connectivity index (χ1) is 10.3. The predicted octanol–water partition coefficient (Wildman–Crippen LogP) is 3.73. The monoisotopic (exact) mass is 279 g/mol. The molecular weight excluding hydrogens is 258 g/mol. The number of hydrogen-bond acceptors (Lipinski definition) is 1. The average Bonchev–Trinajstić information content (AvgIpc) is 2.99. The molecule has 0 radical (unpaired) electrons. The number of aryl methyl sites for hydroxylation is 1. The van der Waals surface area contributed by atoms with Crippen molar-refractivity contribution in [3.8, 4) is 0 Å². The first-order valence-corrected chi connectivity index (χ1v) is 8.09. The molecule has 2 aromatic rings. The van der Waals surface area contributed by atoms with Crippen molar-refractivity contribution in [3.05, 3.63) is 69.6 Å². The Morgan fingerprint density at radius 2 is 1.90 bits per heavy atom. The topological polar surface area (TPSA) is 22.0 Å². The molecule has 4 rings (SSSR count). The van der Waals surface area contributed by atoms with Crippen molar-refractivity contribution in [2.24, 2.45) is 5.92 Å². The molecule has 0 spiro atoms. The Balaban J connectivity index is 1.74. The van der Waals surface area contributed by atoms with Crippen LogP contribution >= 0.6 is 0 Å². The molecule has 0 amide bonds. The number of fused-ring (bicyclic) bond motifs is 3. The van der Waals surface area contributed by atoms with E-state index < -0.39 is 0 Å². The van der Waals surface area contributed by atoms with Crippen molar-refractivity contribution in [2.45, 2.75) is 44.6 Å². The third kappa shape index (κ3) is 2.23. The zero-order valence-electron chi connectivity index (χ0n) is 12.3. The number of nitrogens with zero attached hydrogens (tertiary/aromatic N) is 1. The number of pyridine rings is 1. The molecule has 1 aromatic carbocycles. The Bertz CT molecular complexity index is 701. The normalized spacial score (nSPS) is 23.6. The molecule has 108 valence electrons. The second-order valence-corrected chi connectivity index (χ2v) is 6.51. The fraction of sp³-hybridized carbons (Fsp3) is 0.421. The Kier molecular flexibility index (Phi) is 3.17. The molecule has 1 saturated carbocycles. The van der Waals surface area contributed by atoms with Crippen molar-refractivity contribution < 1.29 is 0 Å². The van der Waals surface area contributed by atoms with Crippen LogP contribution < -0.4 is 5.56 Å². The fourth-order valence-corrected chi connectivity index (χ4v) is 4.25. The van der Waals surface area contributed by atoms with Gasteiger partial charge in [-0.3, -0.25) is 4.79 Å². The van der Waals surface area contributed by atoms with E-state index in [4.69, 9.17) is 0 Å². The Morgan fingerprint density at radius 3 is 2.76 bits per heavy atom. The number of aromatic nitrogens is 1. The Morgan fingerprint density at radius 1 is 1.05 bits per heavy atom. The molecular formula is C19H21NO. The average molecular weight is 279 g/mol. The van der Waals surface area contributed by atoms with Gasteiger partial charge in [0, 0.05) is 11.8 Å². The summed E-state index contributed by atoms with van der Waals surface area (Å²) in [6.45, 7) is 0.685. The number of benzene rings is 1. The van der Waals surface area contributed by atoms with Crippen LogP contribution in [0.15, 0.2) is 47.4 Å². The summed E-state index contributed by atoms with van der Waals surface area (Å²) in [5.74, 6) is 1.29. The van der Waals surface area contributed by atoms with Gasteiger partial charge in [-0.1, -0.05) is 36.8 Å². The molecule has 21 heavy (non-hydrogen) atoms. The summed E-state index contributed by atoms with van der Waals surface area (Å²) in [4.78, 5) is 12.9. The van der Waals surface area contributed by atoms with Gasteiger partial charge in [-0.25, -0.2) is 0 Å². The van der Waals surface area contributed by atoms with Crippen LogP contribution in [0.4, 0.5) is 0 Å². The van der Waals surface area contributed by atoms with Gasteiger partial charge < -0.3 is 4.57 Å². The highest BCUT2D eigenvalue weighted by Gasteiger charge is 2.35. The zero-order valence-corrected chi connectivity index (χ0v) is 12.3. The highest BCUT2D eigenvalue weighted by Crippen LogP contribution is 2.45. The Hall–Kier alpha value is -1.83. The van der Waals surface area contributed by atoms with Gasteiger partial charge in [-0.05, 0) is 54.7 Å². The first kappa shape index (κ1) is 12.9. The smallest absolute Gasteiger partial charge is 0.254 e. The second kappa shape index (κ2) is 5.18. The number of hydrogen-bond donors (Lipinski definition) is 0. The zero-order chi connectivity index (χ0) is 14.2. The van der Waals surface area contributed by atoms with Gasteiger partial charge in [0.25, 0.3) is 5.56 Å². The van der Waals surface area contributed by atoms with Crippen molar-refractivity contribution in [1.29, 1.82) is 0 Å². The van der Waals surface area contributed by atoms with Gasteiger partial charge in [0.2, 0.25) is 0 Å². The molecule has 2 atom stereocenters. The molecule has 2 aliphatic carbocycles. The number of rotatable bonds is 2. The van der Waals surface area contributed by atoms with Gasteiger partial charge >= 0.3 is 0 Å². The molecule has 2 aliphatic rings. The van der Waals surface area contributed by atoms with Crippen LogP contribution in [-0.2, 0) is 13.0 Å². The maximum atomic E-state index is 12.9. The van der Waals surface area contributed by atoms with Crippen molar-refractivity contribution in [2.75, 3.05) is 0 Å². The van der Waals surface area contributed by atoms with Crippen molar-refractivity contribution in [3.63, 3.8) is 0 Å². The van der Waals surface area contributed by atoms with E-state index >= 15 is 0 Å². The third-order valence-electron chi connectivity index (χ3n) is 5.30. The van der Waals surface area contributed by atoms with E-state index in [2.05, 4.69) is 18.2 Å². The van der Waals surface area contributed by atoms with Gasteiger partial charge in [0.15, 0.2) is 0 Å². The highest BCUT2D eigenvalue weighted by molar-refractivity contribution is 5.32. The maximum Gasteiger partial charge on any atom is 0.254 e. The van der Waals surface area contributed by atoms with Gasteiger partial charge in [0.05, 0.1) is 6.54 Å². The molecule has 0 unspecified atom stereocenters. The second-order valence-electron chi connectivity index (χ2n) is 6.51. The van der Waals surface area contributed by atoms with E-state index in [1.165, 1.54) is 36.8 Å². The van der Waals surface area contributed by atoms with Crippen LogP contribution in [0.3, 0.4) is 0 Å². The SMILES string of the molecule is O=c1c2c(ccn1Cc1ccccc1)CC[C@H]1CCC[C@@H]21. The minimum atomic E-state index is 0.257. The van der Waals surface area contributed by atoms with Crippen molar-refractivity contribution >= 4 is 0 Å². The lowest BCUT2D eigenvalue weighted by molar-refractivity contribution is 0.416. The minimum absolute atomic E-state index is 0.257. The summed E-state index contributed by atoms with van der Waals surface area (Å²) >= 11 is 0. The minimum Gasteiger partial charge on any atom is -0.311 e. The standard InChI is InChI=1S/C19H21NO/c21-19-18-16(10-9-15-7-4-8-17(15)18)11-12-20(19)13-14-5-2-1-3-6-14/h1-3,5-6,11-12,15,17H,4,7-10,13H2/t15-,17-/m1/s1. The summed E-state index contributed by atoms with van der Waals surface area (Å²) in [6.07, 6.45) is 8.18. The van der Waals surface area contributed by atoms with Crippen LogP contribution in [0.1, 0.15) is 48.3 Å². The fourth-order valence-electron chi connectivity index (χ4n) is 4.25. The van der Waals surface area contributed by atoms with Crippen LogP contribution in [0, 0.1) is 5.92 Å². The van der Waals surface area contributed by atoms with Crippen LogP contribution in [0.2, 0.25) is 0 Å². The molecule has 1 aromatic heterocycles. The lowest BCUT2D eigenvalue weighted by atomic mass is 9.78. The van der Waals surface area contributed by atoms with Crippen LogP contribution in [-0.4, -0.2) is 4.57 Å². The summed E-state index contributed by atoms with van der Waals surface area (Å²) < 4.78 is 1.90. The Labute approximate surface area is 125 Å². The first-order valence-electron chi connectivity index (χ1n) is 8.09. The molecule has 2 heteroatoms. The lowest BCUT2D eigenvalue weighted by Gasteiger charge is -2.28. The molecule has 0 aliphatic heterocycles. The molecule has 1 fully saturated rings. The highest BCUT2D eigenvalue weighted by atomic mass is 16.1. The van der Waals surface area contributed by atoms with E-state index in [1.54, 1.807) is 0 Å². The molecule has 2 nitrogen and oxygen atoms in total. The summed E-state index contributed by atoms with van der Waals surface area (Å²) in [6, 6.07) is 12.4. The third-order valence-corrected chi connectivity index (χ3v) is 5.30. The molecule has 0 bridgehead atoms. The van der Waals surface area contributed by atoms with Gasteiger partial charge in [-0.15, -0.1) is 0 Å². The van der Waals surface area contributed by atoms with Crippen LogP contribution in [0.5, 0.6) is 0 Å². The molecule has 1 heterocycles. The van der Waals surface area contributed by atoms with Gasteiger partial charge in [0.1, 0.15) is 0 Å². The lowest BCUT2D eigenvalue weighted by Crippen LogP contribution is -2.31. The molecule has 0 saturated heterocycles. The van der Waals surface area contributed by atoms with E-state index in [9.17, 15) is 4.79 Å². The quantitative estimate of drug-likeness (QED) is 0.821. The molecule has 0 N–H and O–H groups in total. The summed E-state index contributed by atoms with van der Waals surface area (Å²) in [5, 5.41) is 0. The summed E-state index contributed by atoms with van der Waals surface area (Å²) in [5.41, 5.74) is 3.90. The van der Waals surface area contributed by atoms with E-state index in [1.807, 2.05) is 29.0 Å². The maximum absolute atomic E-state index is 12.9. The van der Waals surface area contributed by atoms with Gasteiger partial charge in [-0.2, -0.15) is 0 Å². The largest absolute Gasteiger partial charge is 0.311 e. The van der Waals surface area contributed by atoms with Crippen LogP contribution in [0.25, 0.3) is 0 Å².